The van der Waals surface area contributed by atoms with Crippen molar-refractivity contribution in [2.45, 2.75) is 26.4 Å². The van der Waals surface area contributed by atoms with E-state index in [1.807, 2.05) is 6.92 Å². The van der Waals surface area contributed by atoms with Crippen LogP contribution < -0.4 is 16.0 Å². The Balaban J connectivity index is 2.57. The van der Waals surface area contributed by atoms with Gasteiger partial charge in [-0.1, -0.05) is 19.1 Å². The number of nitrogen functional groups attached to an aromatic ring is 1. The van der Waals surface area contributed by atoms with Crippen molar-refractivity contribution >= 4 is 16.6 Å². The number of nitrogens with one attached hydrogen (secondary N) is 1. The Morgan fingerprint density at radius 1 is 1.33 bits per heavy atom. The van der Waals surface area contributed by atoms with Crippen LogP contribution >= 0.6 is 0 Å². The number of benzene rings is 1. The predicted octanol–water partition coefficient (Wildman–Crippen LogP) is 3.33. The molecule has 0 radical (unpaired) electrons. The first-order chi connectivity index (χ1) is 9.87. The zero-order valence-electron chi connectivity index (χ0n) is 11.7. The van der Waals surface area contributed by atoms with Crippen LogP contribution in [0.4, 0.5) is 18.9 Å². The first kappa shape index (κ1) is 15.4. The maximum atomic E-state index is 12.3. The van der Waals surface area contributed by atoms with E-state index in [1.165, 1.54) is 6.07 Å². The molecule has 0 atom stereocenters. The number of hydrazine groups is 1. The van der Waals surface area contributed by atoms with E-state index in [-0.39, 0.29) is 5.75 Å². The van der Waals surface area contributed by atoms with Crippen LogP contribution in [0.25, 0.3) is 10.9 Å². The smallest absolute Gasteiger partial charge is 0.422 e. The molecule has 0 fully saturated rings. The number of nitrogens with zero attached hydrogens (tertiary/aromatic N) is 1. The zero-order valence-corrected chi connectivity index (χ0v) is 11.7. The highest BCUT2D eigenvalue weighted by Crippen LogP contribution is 2.33. The number of fused-ring (bicyclic) bond motifs is 1. The molecule has 1 aromatic carbocycles. The maximum Gasteiger partial charge on any atom is 0.422 e. The number of alkyl halides is 3. The van der Waals surface area contributed by atoms with Crippen molar-refractivity contribution in [1.29, 1.82) is 0 Å². The van der Waals surface area contributed by atoms with Crippen LogP contribution in [0, 0.1) is 6.92 Å². The third kappa shape index (κ3) is 3.18. The number of ether oxygens (including phenoxy) is 1. The molecule has 4 nitrogen and oxygen atoms in total. The lowest BCUT2D eigenvalue weighted by molar-refractivity contribution is -0.153. The van der Waals surface area contributed by atoms with E-state index in [4.69, 9.17) is 10.6 Å². The second kappa shape index (κ2) is 5.77. The van der Waals surface area contributed by atoms with Gasteiger partial charge in [0.1, 0.15) is 11.3 Å². The number of pyridine rings is 1. The quantitative estimate of drug-likeness (QED) is 0.671. The minimum Gasteiger partial charge on any atom is -0.482 e. The lowest BCUT2D eigenvalue weighted by atomic mass is 10.0. The van der Waals surface area contributed by atoms with Crippen LogP contribution in [0.15, 0.2) is 18.2 Å². The Bertz CT molecular complexity index is 656. The average Bonchev–Trinajstić information content (AvgIpc) is 2.42. The summed E-state index contributed by atoms with van der Waals surface area (Å²) in [7, 11) is 0. The van der Waals surface area contributed by atoms with Crippen LogP contribution in [-0.4, -0.2) is 17.8 Å². The van der Waals surface area contributed by atoms with Gasteiger partial charge in [-0.15, -0.1) is 0 Å². The summed E-state index contributed by atoms with van der Waals surface area (Å²) >= 11 is 0. The molecule has 0 bridgehead atoms. The Hall–Kier alpha value is -2.02. The summed E-state index contributed by atoms with van der Waals surface area (Å²) in [6, 6.07) is 4.83. The summed E-state index contributed by atoms with van der Waals surface area (Å²) in [5.74, 6) is 5.65. The van der Waals surface area contributed by atoms with Crippen LogP contribution in [0.1, 0.15) is 18.2 Å². The predicted molar refractivity (Wildman–Crippen MR) is 75.2 cm³/mol. The van der Waals surface area contributed by atoms with Gasteiger partial charge in [0.2, 0.25) is 0 Å². The van der Waals surface area contributed by atoms with Gasteiger partial charge in [0, 0.05) is 11.1 Å². The summed E-state index contributed by atoms with van der Waals surface area (Å²) in [5.41, 5.74) is 5.28. The lowest BCUT2D eigenvalue weighted by Crippen LogP contribution is -2.19. The number of para-hydroxylation sites is 1. The maximum absolute atomic E-state index is 12.3. The van der Waals surface area contributed by atoms with Crippen molar-refractivity contribution in [1.82, 2.24) is 4.98 Å². The fourth-order valence-corrected chi connectivity index (χ4v) is 2.29. The summed E-state index contributed by atoms with van der Waals surface area (Å²) in [6.45, 7) is 2.40. The summed E-state index contributed by atoms with van der Waals surface area (Å²) in [4.78, 5) is 4.37. The number of nitrogens with two attached hydrogens (primary N) is 1. The van der Waals surface area contributed by atoms with Crippen molar-refractivity contribution in [2.24, 2.45) is 5.84 Å². The summed E-state index contributed by atoms with van der Waals surface area (Å²) in [6.07, 6.45) is -3.68. The fourth-order valence-electron chi connectivity index (χ4n) is 2.29. The summed E-state index contributed by atoms with van der Waals surface area (Å²) < 4.78 is 41.8. The van der Waals surface area contributed by atoms with Crippen LogP contribution in [-0.2, 0) is 6.42 Å². The summed E-state index contributed by atoms with van der Waals surface area (Å²) in [5, 5.41) is 0.639. The van der Waals surface area contributed by atoms with Gasteiger partial charge in [0.25, 0.3) is 0 Å². The molecule has 0 aliphatic carbocycles. The second-order valence-electron chi connectivity index (χ2n) is 4.60. The van der Waals surface area contributed by atoms with Crippen molar-refractivity contribution in [3.8, 4) is 5.75 Å². The monoisotopic (exact) mass is 299 g/mol. The van der Waals surface area contributed by atoms with E-state index in [1.54, 1.807) is 19.1 Å². The van der Waals surface area contributed by atoms with Gasteiger partial charge in [0.15, 0.2) is 6.61 Å². The van der Waals surface area contributed by atoms with E-state index in [0.29, 0.717) is 28.7 Å². The molecule has 2 aromatic rings. The van der Waals surface area contributed by atoms with Crippen molar-refractivity contribution in [2.75, 3.05) is 12.0 Å². The number of aryl methyl sites for hydroxylation is 1. The molecule has 21 heavy (non-hydrogen) atoms. The van der Waals surface area contributed by atoms with Gasteiger partial charge in [-0.25, -0.2) is 4.98 Å². The highest BCUT2D eigenvalue weighted by atomic mass is 19.4. The van der Waals surface area contributed by atoms with Gasteiger partial charge < -0.3 is 10.2 Å². The molecule has 0 saturated carbocycles. The standard InChI is InChI=1S/C14H16F3N3O/c1-3-9-8(2)19-13-10(12(9)20-18)5-4-6-11(13)21-7-14(15,16)17/h4-6H,3,7,18H2,1-2H3,(H,19,20). The Kier molecular flexibility index (Phi) is 4.22. The first-order valence-corrected chi connectivity index (χ1v) is 6.45. The van der Waals surface area contributed by atoms with Crippen LogP contribution in [0.5, 0.6) is 5.75 Å². The molecule has 114 valence electrons. The third-order valence-corrected chi connectivity index (χ3v) is 3.18. The van der Waals surface area contributed by atoms with Crippen LogP contribution in [0.2, 0.25) is 0 Å². The molecule has 0 amide bonds. The molecule has 7 heteroatoms. The minimum absolute atomic E-state index is 0.0899. The number of hydrogen-bond donors (Lipinski definition) is 2. The van der Waals surface area contributed by atoms with Crippen molar-refractivity contribution in [3.05, 3.63) is 29.5 Å². The van der Waals surface area contributed by atoms with Crippen molar-refractivity contribution < 1.29 is 17.9 Å². The van der Waals surface area contributed by atoms with Gasteiger partial charge in [-0.05, 0) is 25.0 Å². The molecule has 3 N–H and O–H groups in total. The lowest BCUT2D eigenvalue weighted by Gasteiger charge is -2.16. The van der Waals surface area contributed by atoms with Gasteiger partial charge in [-0.2, -0.15) is 13.2 Å². The SMILES string of the molecule is CCc1c(C)nc2c(OCC(F)(F)F)cccc2c1NN. The average molecular weight is 299 g/mol. The topological polar surface area (TPSA) is 60.2 Å². The molecular weight excluding hydrogens is 283 g/mol. The molecule has 0 unspecified atom stereocenters. The molecule has 1 aromatic heterocycles. The Labute approximate surface area is 120 Å². The molecule has 2 rings (SSSR count). The number of rotatable bonds is 4. The van der Waals surface area contributed by atoms with Gasteiger partial charge in [0.05, 0.1) is 5.69 Å². The third-order valence-electron chi connectivity index (χ3n) is 3.18. The highest BCUT2D eigenvalue weighted by Gasteiger charge is 2.29. The molecule has 1 heterocycles. The van der Waals surface area contributed by atoms with E-state index >= 15 is 0 Å². The highest BCUT2D eigenvalue weighted by molar-refractivity contribution is 5.96. The molecule has 0 aliphatic heterocycles. The number of aromatic nitrogens is 1. The Morgan fingerprint density at radius 2 is 2.05 bits per heavy atom. The van der Waals surface area contributed by atoms with Gasteiger partial charge >= 0.3 is 6.18 Å². The van der Waals surface area contributed by atoms with Crippen molar-refractivity contribution in [3.63, 3.8) is 0 Å². The van der Waals surface area contributed by atoms with E-state index in [2.05, 4.69) is 10.4 Å². The minimum atomic E-state index is -4.39. The molecule has 0 aliphatic rings. The molecule has 0 spiro atoms. The first-order valence-electron chi connectivity index (χ1n) is 6.45. The number of halogens is 3. The van der Waals surface area contributed by atoms with E-state index in [9.17, 15) is 13.2 Å². The van der Waals surface area contributed by atoms with Gasteiger partial charge in [-0.3, -0.25) is 5.84 Å². The molecule has 0 saturated heterocycles. The van der Waals surface area contributed by atoms with Crippen LogP contribution in [0.3, 0.4) is 0 Å². The Morgan fingerprint density at radius 3 is 2.62 bits per heavy atom. The second-order valence-corrected chi connectivity index (χ2v) is 4.60. The number of hydrogen-bond acceptors (Lipinski definition) is 4. The number of anilines is 1. The zero-order chi connectivity index (χ0) is 15.6. The van der Waals surface area contributed by atoms with E-state index in [0.717, 1.165) is 5.56 Å². The molecular formula is C14H16F3N3O. The fraction of sp³-hybridized carbons (Fsp3) is 0.357. The van der Waals surface area contributed by atoms with E-state index < -0.39 is 12.8 Å². The normalized spacial score (nSPS) is 11.7. The largest absolute Gasteiger partial charge is 0.482 e.